The molecule has 2 nitrogen and oxygen atoms in total. The molecule has 0 saturated carbocycles. The van der Waals surface area contributed by atoms with Gasteiger partial charge in [0.2, 0.25) is 0 Å². The minimum Gasteiger partial charge on any atom is -0.465 e. The highest BCUT2D eigenvalue weighted by Crippen LogP contribution is 2.30. The second-order valence-corrected chi connectivity index (χ2v) is 10.5. The number of unbranched alkanes of at least 4 members (excludes halogenated alkanes) is 19. The van der Waals surface area contributed by atoms with E-state index in [9.17, 15) is 4.79 Å². The van der Waals surface area contributed by atoms with E-state index in [1.165, 1.54) is 122 Å². The predicted molar refractivity (Wildman–Crippen MR) is 142 cm³/mol. The molecule has 0 aromatic carbocycles. The van der Waals surface area contributed by atoms with Crippen molar-refractivity contribution < 1.29 is 9.53 Å². The molecule has 2 heteroatoms. The molecule has 32 heavy (non-hydrogen) atoms. The zero-order valence-corrected chi connectivity index (χ0v) is 22.8. The van der Waals surface area contributed by atoms with E-state index in [-0.39, 0.29) is 11.4 Å². The van der Waals surface area contributed by atoms with Gasteiger partial charge < -0.3 is 4.74 Å². The van der Waals surface area contributed by atoms with Gasteiger partial charge in [-0.25, -0.2) is 0 Å². The van der Waals surface area contributed by atoms with E-state index in [1.54, 1.807) is 0 Å². The molecular weight excluding hydrogens is 392 g/mol. The molecule has 0 bridgehead atoms. The van der Waals surface area contributed by atoms with E-state index < -0.39 is 0 Å². The Morgan fingerprint density at radius 1 is 0.531 bits per heavy atom. The second kappa shape index (κ2) is 23.6. The van der Waals surface area contributed by atoms with Gasteiger partial charge in [-0.15, -0.1) is 0 Å². The average molecular weight is 453 g/mol. The summed E-state index contributed by atoms with van der Waals surface area (Å²) < 4.78 is 5.68. The monoisotopic (exact) mass is 452 g/mol. The standard InChI is InChI=1S/C30H60O2/c1-5-8-10-12-14-15-16-17-18-19-20-22-24-26-28-32-29(31)30(4,7-3)27-25-23-21-13-11-9-6-2/h5-28H2,1-4H3. The molecule has 0 saturated heterocycles. The highest BCUT2D eigenvalue weighted by molar-refractivity contribution is 5.76. The van der Waals surface area contributed by atoms with Gasteiger partial charge in [0.15, 0.2) is 0 Å². The highest BCUT2D eigenvalue weighted by atomic mass is 16.5. The Balaban J connectivity index is 3.55. The third-order valence-electron chi connectivity index (χ3n) is 7.34. The fraction of sp³-hybridized carbons (Fsp3) is 0.967. The number of ether oxygens (including phenoxy) is 1. The molecule has 192 valence electrons. The number of esters is 1. The van der Waals surface area contributed by atoms with Crippen molar-refractivity contribution in [3.63, 3.8) is 0 Å². The smallest absolute Gasteiger partial charge is 0.311 e. The first-order chi connectivity index (χ1) is 15.6. The van der Waals surface area contributed by atoms with Crippen molar-refractivity contribution in [2.45, 2.75) is 175 Å². The Morgan fingerprint density at radius 2 is 0.875 bits per heavy atom. The van der Waals surface area contributed by atoms with Gasteiger partial charge in [0.05, 0.1) is 12.0 Å². The summed E-state index contributed by atoms with van der Waals surface area (Å²) in [6, 6.07) is 0. The van der Waals surface area contributed by atoms with Gasteiger partial charge in [0.1, 0.15) is 0 Å². The van der Waals surface area contributed by atoms with Gasteiger partial charge in [-0.2, -0.15) is 0 Å². The van der Waals surface area contributed by atoms with Crippen LogP contribution < -0.4 is 0 Å². The first-order valence-electron chi connectivity index (χ1n) is 14.8. The lowest BCUT2D eigenvalue weighted by Gasteiger charge is -2.26. The minimum absolute atomic E-state index is 0.0423. The van der Waals surface area contributed by atoms with Crippen LogP contribution >= 0.6 is 0 Å². The quantitative estimate of drug-likeness (QED) is 0.102. The van der Waals surface area contributed by atoms with Crippen molar-refractivity contribution >= 4 is 5.97 Å². The second-order valence-electron chi connectivity index (χ2n) is 10.5. The molecule has 0 N–H and O–H groups in total. The number of carbonyl (C=O) groups is 1. The highest BCUT2D eigenvalue weighted by Gasteiger charge is 2.32. The van der Waals surface area contributed by atoms with E-state index in [0.717, 1.165) is 25.7 Å². The number of carbonyl (C=O) groups excluding carboxylic acids is 1. The minimum atomic E-state index is -0.278. The number of hydrogen-bond acceptors (Lipinski definition) is 2. The molecule has 0 fully saturated rings. The topological polar surface area (TPSA) is 26.3 Å². The van der Waals surface area contributed by atoms with Crippen LogP contribution in [0, 0.1) is 5.41 Å². The number of hydrogen-bond donors (Lipinski definition) is 0. The van der Waals surface area contributed by atoms with Crippen LogP contribution in [0.1, 0.15) is 175 Å². The average Bonchev–Trinajstić information content (AvgIpc) is 2.80. The molecular formula is C30H60O2. The molecule has 0 aliphatic carbocycles. The van der Waals surface area contributed by atoms with Crippen molar-refractivity contribution in [3.05, 3.63) is 0 Å². The Bertz CT molecular complexity index is 392. The van der Waals surface area contributed by atoms with Crippen molar-refractivity contribution in [1.82, 2.24) is 0 Å². The van der Waals surface area contributed by atoms with Gasteiger partial charge in [0, 0.05) is 0 Å². The van der Waals surface area contributed by atoms with Crippen molar-refractivity contribution in [2.24, 2.45) is 5.41 Å². The zero-order valence-electron chi connectivity index (χ0n) is 22.8. The molecule has 0 radical (unpaired) electrons. The first-order valence-corrected chi connectivity index (χ1v) is 14.8. The lowest BCUT2D eigenvalue weighted by Crippen LogP contribution is -2.29. The van der Waals surface area contributed by atoms with E-state index in [2.05, 4.69) is 27.7 Å². The molecule has 1 atom stereocenters. The predicted octanol–water partition coefficient (Wildman–Crippen LogP) is 10.6. The summed E-state index contributed by atoms with van der Waals surface area (Å²) in [6.45, 7) is 9.40. The van der Waals surface area contributed by atoms with Crippen LogP contribution in [-0.4, -0.2) is 12.6 Å². The summed E-state index contributed by atoms with van der Waals surface area (Å²) in [5.74, 6) is 0.0423. The Morgan fingerprint density at radius 3 is 1.25 bits per heavy atom. The Kier molecular flexibility index (Phi) is 23.2. The summed E-state index contributed by atoms with van der Waals surface area (Å²) in [4.78, 5) is 12.6. The summed E-state index contributed by atoms with van der Waals surface area (Å²) in [6.07, 6.45) is 30.0. The first kappa shape index (κ1) is 31.5. The fourth-order valence-corrected chi connectivity index (χ4v) is 4.53. The van der Waals surface area contributed by atoms with Crippen LogP contribution in [0.5, 0.6) is 0 Å². The van der Waals surface area contributed by atoms with E-state index in [0.29, 0.717) is 6.61 Å². The zero-order chi connectivity index (χ0) is 23.8. The molecule has 0 aliphatic heterocycles. The molecule has 0 spiro atoms. The fourth-order valence-electron chi connectivity index (χ4n) is 4.53. The van der Waals surface area contributed by atoms with E-state index in [1.807, 2.05) is 0 Å². The van der Waals surface area contributed by atoms with Crippen LogP contribution in [0.25, 0.3) is 0 Å². The summed E-state index contributed by atoms with van der Waals surface area (Å²) in [7, 11) is 0. The lowest BCUT2D eigenvalue weighted by atomic mass is 9.82. The molecule has 0 amide bonds. The Hall–Kier alpha value is -0.530. The van der Waals surface area contributed by atoms with Crippen molar-refractivity contribution in [2.75, 3.05) is 6.61 Å². The van der Waals surface area contributed by atoms with Gasteiger partial charge in [-0.05, 0) is 26.2 Å². The van der Waals surface area contributed by atoms with Crippen LogP contribution in [0.15, 0.2) is 0 Å². The largest absolute Gasteiger partial charge is 0.465 e. The molecule has 1 unspecified atom stereocenters. The van der Waals surface area contributed by atoms with Gasteiger partial charge in [0.25, 0.3) is 0 Å². The maximum atomic E-state index is 12.6. The molecule has 0 rings (SSSR count). The Labute approximate surface area is 203 Å². The van der Waals surface area contributed by atoms with Crippen molar-refractivity contribution in [3.8, 4) is 0 Å². The van der Waals surface area contributed by atoms with Gasteiger partial charge in [-0.3, -0.25) is 4.79 Å². The van der Waals surface area contributed by atoms with Crippen LogP contribution in [0.3, 0.4) is 0 Å². The number of rotatable bonds is 25. The van der Waals surface area contributed by atoms with Crippen LogP contribution in [-0.2, 0) is 9.53 Å². The molecule has 0 heterocycles. The third-order valence-corrected chi connectivity index (χ3v) is 7.34. The molecule has 0 aromatic rings. The van der Waals surface area contributed by atoms with E-state index in [4.69, 9.17) is 4.74 Å². The maximum Gasteiger partial charge on any atom is 0.311 e. The molecule has 0 aromatic heterocycles. The normalized spacial score (nSPS) is 13.2. The van der Waals surface area contributed by atoms with Crippen LogP contribution in [0.2, 0.25) is 0 Å². The SMILES string of the molecule is CCCCCCCCCCCCCCCCOC(=O)C(C)(CC)CCCCCCCCC. The van der Waals surface area contributed by atoms with Gasteiger partial charge in [-0.1, -0.05) is 149 Å². The summed E-state index contributed by atoms with van der Waals surface area (Å²) in [5.41, 5.74) is -0.278. The summed E-state index contributed by atoms with van der Waals surface area (Å²) >= 11 is 0. The third kappa shape index (κ3) is 19.0. The van der Waals surface area contributed by atoms with Crippen LogP contribution in [0.4, 0.5) is 0 Å². The lowest BCUT2D eigenvalue weighted by molar-refractivity contribution is -0.155. The van der Waals surface area contributed by atoms with E-state index >= 15 is 0 Å². The van der Waals surface area contributed by atoms with Gasteiger partial charge >= 0.3 is 5.97 Å². The molecule has 0 aliphatic rings. The summed E-state index contributed by atoms with van der Waals surface area (Å²) in [5, 5.41) is 0. The van der Waals surface area contributed by atoms with Crippen molar-refractivity contribution in [1.29, 1.82) is 0 Å². The maximum absolute atomic E-state index is 12.6.